The minimum absolute atomic E-state index is 0.574. The molecular weight excluding hydrogens is 221 g/mol. The minimum atomic E-state index is 0.574. The van der Waals surface area contributed by atoms with Crippen LogP contribution in [-0.4, -0.2) is 23.4 Å². The molecule has 0 aromatic heterocycles. The first-order valence-electron chi connectivity index (χ1n) is 6.36. The van der Waals surface area contributed by atoms with Crippen LogP contribution in [0.4, 0.5) is 0 Å². The van der Waals surface area contributed by atoms with Gasteiger partial charge in [-0.3, -0.25) is 0 Å². The molecule has 0 saturated carbocycles. The molecule has 1 aliphatic rings. The summed E-state index contributed by atoms with van der Waals surface area (Å²) in [7, 11) is 0.918. The van der Waals surface area contributed by atoms with Crippen molar-refractivity contribution in [2.45, 2.75) is 32.7 Å². The van der Waals surface area contributed by atoms with Crippen molar-refractivity contribution in [1.82, 2.24) is 0 Å². The number of nitrogens with zero attached hydrogens (tertiary/aromatic N) is 1. The second kappa shape index (κ2) is 5.81. The van der Waals surface area contributed by atoms with Gasteiger partial charge in [0.25, 0.3) is 0 Å². The van der Waals surface area contributed by atoms with Gasteiger partial charge in [0, 0.05) is 0 Å². The number of rotatable bonds is 3. The molecular formula is C15H18BNO. The van der Waals surface area contributed by atoms with E-state index in [1.165, 1.54) is 11.1 Å². The van der Waals surface area contributed by atoms with Crippen molar-refractivity contribution in [1.29, 1.82) is 0 Å². The molecule has 3 heteroatoms. The zero-order chi connectivity index (χ0) is 13.0. The molecule has 0 N–H and O–H groups in total. The molecule has 18 heavy (non-hydrogen) atoms. The summed E-state index contributed by atoms with van der Waals surface area (Å²) in [6.07, 6.45) is 6.63. The van der Waals surface area contributed by atoms with Crippen molar-refractivity contribution >= 4 is 18.8 Å². The average molecular weight is 239 g/mol. The van der Waals surface area contributed by atoms with Gasteiger partial charge in [-0.15, -0.1) is 0 Å². The van der Waals surface area contributed by atoms with Gasteiger partial charge < -0.3 is 0 Å². The fourth-order valence-corrected chi connectivity index (χ4v) is 1.97. The third-order valence-electron chi connectivity index (χ3n) is 3.20. The predicted molar refractivity (Wildman–Crippen MR) is 75.1 cm³/mol. The van der Waals surface area contributed by atoms with E-state index >= 15 is 0 Å². The Hall–Kier alpha value is -1.64. The molecule has 0 radical (unpaired) electrons. The summed E-state index contributed by atoms with van der Waals surface area (Å²) in [6, 6.07) is 8.74. The quantitative estimate of drug-likeness (QED) is 0.579. The normalized spacial score (nSPS) is 16.8. The fourth-order valence-electron chi connectivity index (χ4n) is 1.97. The summed E-state index contributed by atoms with van der Waals surface area (Å²) in [5, 5.41) is 10.6. The van der Waals surface area contributed by atoms with Crippen molar-refractivity contribution in [2.75, 3.05) is 0 Å². The molecule has 1 aliphatic heterocycles. The van der Waals surface area contributed by atoms with Gasteiger partial charge in [-0.25, -0.2) is 0 Å². The zero-order valence-electron chi connectivity index (χ0n) is 11.0. The number of hydrogen-bond acceptors (Lipinski definition) is 1. The van der Waals surface area contributed by atoms with E-state index < -0.39 is 0 Å². The predicted octanol–water partition coefficient (Wildman–Crippen LogP) is 1.46. The molecule has 2 rings (SSSR count). The van der Waals surface area contributed by atoms with Gasteiger partial charge in [-0.05, 0) is 0 Å². The second-order valence-electron chi connectivity index (χ2n) is 4.96. The van der Waals surface area contributed by atoms with Gasteiger partial charge in [0.1, 0.15) is 0 Å². The average Bonchev–Trinajstić information content (AvgIpc) is 2.40. The van der Waals surface area contributed by atoms with Crippen LogP contribution >= 0.6 is 0 Å². The van der Waals surface area contributed by atoms with Crippen LogP contribution in [0.25, 0.3) is 0 Å². The van der Waals surface area contributed by atoms with Gasteiger partial charge in [0.15, 0.2) is 0 Å². The van der Waals surface area contributed by atoms with Crippen LogP contribution in [0.15, 0.2) is 36.5 Å². The topological polar surface area (TPSA) is 26.1 Å². The molecule has 0 amide bonds. The molecule has 0 spiro atoms. The molecule has 0 aliphatic carbocycles. The summed E-state index contributed by atoms with van der Waals surface area (Å²) >= 11 is 0. The summed E-state index contributed by atoms with van der Waals surface area (Å²) < 4.78 is 2.12. The van der Waals surface area contributed by atoms with Gasteiger partial charge >= 0.3 is 109 Å². The van der Waals surface area contributed by atoms with E-state index in [4.69, 9.17) is 0 Å². The van der Waals surface area contributed by atoms with Crippen molar-refractivity contribution in [3.05, 3.63) is 47.7 Å². The number of hydrogen-bond donors (Lipinski definition) is 0. The van der Waals surface area contributed by atoms with Gasteiger partial charge in [-0.2, -0.15) is 0 Å². The Kier molecular flexibility index (Phi) is 4.13. The summed E-state index contributed by atoms with van der Waals surface area (Å²) in [6.45, 7) is 5.26. The molecule has 2 nitrogen and oxygen atoms in total. The number of benzene rings is 1. The van der Waals surface area contributed by atoms with E-state index in [1.54, 1.807) is 0 Å². The van der Waals surface area contributed by atoms with E-state index in [1.807, 2.05) is 12.3 Å². The molecule has 0 unspecified atom stereocenters. The molecule has 0 atom stereocenters. The summed E-state index contributed by atoms with van der Waals surface area (Å²) in [4.78, 5) is 0. The Balaban J connectivity index is 2.03. The van der Waals surface area contributed by atoms with E-state index in [-0.39, 0.29) is 0 Å². The summed E-state index contributed by atoms with van der Waals surface area (Å²) in [5.41, 5.74) is 3.49. The van der Waals surface area contributed by atoms with E-state index in [9.17, 15) is 5.02 Å². The summed E-state index contributed by atoms with van der Waals surface area (Å²) in [5.74, 6) is 0.574. The molecule has 0 fully saturated rings. The van der Waals surface area contributed by atoms with Crippen LogP contribution in [0.3, 0.4) is 0 Å². The van der Waals surface area contributed by atoms with Crippen molar-refractivity contribution < 1.29 is 9.60 Å². The first-order chi connectivity index (χ1) is 8.69. The first-order valence-corrected chi connectivity index (χ1v) is 6.36. The molecule has 92 valence electrons. The third kappa shape index (κ3) is 3.19. The Morgan fingerprint density at radius 2 is 2.00 bits per heavy atom. The van der Waals surface area contributed by atoms with Crippen molar-refractivity contribution in [3.63, 3.8) is 0 Å². The molecule has 1 aromatic carbocycles. The van der Waals surface area contributed by atoms with Crippen LogP contribution in [0, 0.1) is 0 Å². The molecule has 1 aromatic rings. The standard InChI is InChI=1S/C15H18BNO/c1-12(2)14-5-3-13(4-6-14)11-17-9-7-15(16-18)8-10-17/h3-7,9-10,12H,8,11H2,1-2H3. The fraction of sp³-hybridized carbons (Fsp3) is 0.333. The van der Waals surface area contributed by atoms with E-state index in [0.717, 1.165) is 25.6 Å². The Morgan fingerprint density at radius 3 is 2.50 bits per heavy atom. The second-order valence-corrected chi connectivity index (χ2v) is 4.96. The Bertz CT molecular complexity index is 498. The van der Waals surface area contributed by atoms with Crippen LogP contribution in [0.1, 0.15) is 37.3 Å². The van der Waals surface area contributed by atoms with Crippen molar-refractivity contribution in [3.8, 4) is 0 Å². The van der Waals surface area contributed by atoms with E-state index in [2.05, 4.69) is 48.9 Å². The molecule has 1 heterocycles. The van der Waals surface area contributed by atoms with Crippen molar-refractivity contribution in [2.24, 2.45) is 0 Å². The third-order valence-corrected chi connectivity index (χ3v) is 3.20. The molecule has 0 saturated heterocycles. The first kappa shape index (κ1) is 12.8. The van der Waals surface area contributed by atoms with Gasteiger partial charge in [0.2, 0.25) is 0 Å². The molecule has 0 bridgehead atoms. The zero-order valence-corrected chi connectivity index (χ0v) is 11.0. The van der Waals surface area contributed by atoms with Crippen LogP contribution in [0.5, 0.6) is 0 Å². The Labute approximate surface area is 109 Å². The number of allylic oxidation sites excluding steroid dienone is 1. The maximum atomic E-state index is 10.6. The van der Waals surface area contributed by atoms with Gasteiger partial charge in [-0.1, -0.05) is 0 Å². The van der Waals surface area contributed by atoms with Crippen LogP contribution < -0.4 is 5.02 Å². The van der Waals surface area contributed by atoms with Crippen LogP contribution in [-0.2, 0) is 6.54 Å². The van der Waals surface area contributed by atoms with E-state index in [0.29, 0.717) is 5.92 Å². The maximum absolute atomic E-state index is 10.6. The van der Waals surface area contributed by atoms with Gasteiger partial charge in [0.05, 0.1) is 0 Å². The van der Waals surface area contributed by atoms with Crippen LogP contribution in [0.2, 0.25) is 0 Å². The SMILES string of the molecule is CC(C)c1ccc(C[N+]2=CCC(=B[O-])C=C2)cc1. The monoisotopic (exact) mass is 239 g/mol. The Morgan fingerprint density at radius 1 is 1.28 bits per heavy atom.